The molecule has 2 N–H and O–H groups in total. The van der Waals surface area contributed by atoms with Crippen LogP contribution in [0.2, 0.25) is 0 Å². The van der Waals surface area contributed by atoms with Crippen molar-refractivity contribution in [1.29, 1.82) is 0 Å². The summed E-state index contributed by atoms with van der Waals surface area (Å²) in [6.07, 6.45) is 5.89. The second-order valence-electron chi connectivity index (χ2n) is 4.08. The Balaban J connectivity index is 2.52. The first-order valence-corrected chi connectivity index (χ1v) is 6.34. The highest BCUT2D eigenvalue weighted by Crippen LogP contribution is 2.06. The zero-order valence-corrected chi connectivity index (χ0v) is 10.8. The van der Waals surface area contributed by atoms with Gasteiger partial charge in [-0.2, -0.15) is 0 Å². The number of rotatable bonds is 7. The van der Waals surface area contributed by atoms with E-state index < -0.39 is 0 Å². The number of aromatic nitrogens is 1. The van der Waals surface area contributed by atoms with E-state index in [0.717, 1.165) is 18.5 Å². The van der Waals surface area contributed by atoms with Gasteiger partial charge in [0.15, 0.2) is 0 Å². The average Bonchev–Trinajstić information content (AvgIpc) is 2.40. The summed E-state index contributed by atoms with van der Waals surface area (Å²) < 4.78 is 0. The van der Waals surface area contributed by atoms with Crippen LogP contribution in [0.1, 0.15) is 26.2 Å². The molecule has 5 nitrogen and oxygen atoms in total. The van der Waals surface area contributed by atoms with Gasteiger partial charge in [0.1, 0.15) is 0 Å². The van der Waals surface area contributed by atoms with E-state index in [1.54, 1.807) is 29.4 Å². The lowest BCUT2D eigenvalue weighted by atomic mass is 10.3. The van der Waals surface area contributed by atoms with Crippen LogP contribution >= 0.6 is 0 Å². The number of hydrogen-bond donors (Lipinski definition) is 2. The van der Waals surface area contributed by atoms with Crippen LogP contribution in [-0.2, 0) is 0 Å². The van der Waals surface area contributed by atoms with Gasteiger partial charge in [-0.1, -0.05) is 13.3 Å². The topological polar surface area (TPSA) is 65.5 Å². The van der Waals surface area contributed by atoms with Crippen LogP contribution in [0.15, 0.2) is 24.5 Å². The highest BCUT2D eigenvalue weighted by Gasteiger charge is 2.12. The molecule has 0 fully saturated rings. The molecule has 1 heterocycles. The molecule has 0 saturated heterocycles. The smallest absolute Gasteiger partial charge is 0.321 e. The van der Waals surface area contributed by atoms with E-state index in [4.69, 9.17) is 5.11 Å². The van der Waals surface area contributed by atoms with Crippen LogP contribution < -0.4 is 5.32 Å². The predicted molar refractivity (Wildman–Crippen MR) is 71.4 cm³/mol. The molecule has 0 bridgehead atoms. The Morgan fingerprint density at radius 3 is 2.61 bits per heavy atom. The summed E-state index contributed by atoms with van der Waals surface area (Å²) in [5.41, 5.74) is 0.737. The summed E-state index contributed by atoms with van der Waals surface area (Å²) in [5.74, 6) is 0. The maximum Gasteiger partial charge on any atom is 0.321 e. The minimum absolute atomic E-state index is 0.102. The molecule has 18 heavy (non-hydrogen) atoms. The maximum atomic E-state index is 12.0. The number of hydrogen-bond acceptors (Lipinski definition) is 3. The lowest BCUT2D eigenvalue weighted by Crippen LogP contribution is -2.36. The molecule has 0 aromatic carbocycles. The van der Waals surface area contributed by atoms with Gasteiger partial charge in [-0.15, -0.1) is 0 Å². The molecule has 0 aliphatic carbocycles. The first-order chi connectivity index (χ1) is 8.77. The van der Waals surface area contributed by atoms with Gasteiger partial charge in [0.25, 0.3) is 0 Å². The van der Waals surface area contributed by atoms with E-state index in [9.17, 15) is 4.79 Å². The lowest BCUT2D eigenvalue weighted by molar-refractivity contribution is 0.201. The van der Waals surface area contributed by atoms with Crippen molar-refractivity contribution >= 4 is 11.7 Å². The number of nitrogens with one attached hydrogen (secondary N) is 1. The van der Waals surface area contributed by atoms with Crippen molar-refractivity contribution in [3.8, 4) is 0 Å². The van der Waals surface area contributed by atoms with Crippen LogP contribution in [-0.4, -0.2) is 40.7 Å². The number of nitrogens with zero attached hydrogens (tertiary/aromatic N) is 2. The quantitative estimate of drug-likeness (QED) is 0.780. The van der Waals surface area contributed by atoms with Gasteiger partial charge in [-0.3, -0.25) is 4.98 Å². The molecule has 0 unspecified atom stereocenters. The van der Waals surface area contributed by atoms with E-state index in [1.807, 2.05) is 0 Å². The molecule has 0 saturated carbocycles. The van der Waals surface area contributed by atoms with Crippen LogP contribution in [0.4, 0.5) is 10.5 Å². The number of anilines is 1. The molecule has 0 aliphatic heterocycles. The lowest BCUT2D eigenvalue weighted by Gasteiger charge is -2.22. The maximum absolute atomic E-state index is 12.0. The molecule has 1 aromatic heterocycles. The highest BCUT2D eigenvalue weighted by molar-refractivity contribution is 5.89. The van der Waals surface area contributed by atoms with Crippen molar-refractivity contribution in [2.75, 3.05) is 25.0 Å². The van der Waals surface area contributed by atoms with Gasteiger partial charge in [-0.05, 0) is 25.0 Å². The van der Waals surface area contributed by atoms with Crippen molar-refractivity contribution < 1.29 is 9.90 Å². The van der Waals surface area contributed by atoms with E-state index in [2.05, 4.69) is 17.2 Å². The van der Waals surface area contributed by atoms with Crippen molar-refractivity contribution in [3.05, 3.63) is 24.5 Å². The normalized spacial score (nSPS) is 10.1. The Bertz CT molecular complexity index is 335. The minimum atomic E-state index is -0.122. The molecule has 100 valence electrons. The van der Waals surface area contributed by atoms with Gasteiger partial charge >= 0.3 is 6.03 Å². The summed E-state index contributed by atoms with van der Waals surface area (Å²) in [4.78, 5) is 17.7. The summed E-state index contributed by atoms with van der Waals surface area (Å²) in [6, 6.07) is 3.38. The molecular weight excluding hydrogens is 230 g/mol. The molecule has 0 radical (unpaired) electrons. The van der Waals surface area contributed by atoms with Gasteiger partial charge < -0.3 is 15.3 Å². The Hall–Kier alpha value is -1.62. The molecular formula is C13H21N3O2. The van der Waals surface area contributed by atoms with Crippen LogP contribution in [0, 0.1) is 0 Å². The average molecular weight is 251 g/mol. The van der Waals surface area contributed by atoms with E-state index >= 15 is 0 Å². The van der Waals surface area contributed by atoms with Crippen molar-refractivity contribution in [3.63, 3.8) is 0 Å². The molecule has 0 aliphatic rings. The largest absolute Gasteiger partial charge is 0.396 e. The standard InChI is InChI=1S/C13H21N3O2/c1-2-3-9-16(10-4-11-17)13(18)15-12-5-7-14-8-6-12/h5-8,17H,2-4,9-11H2,1H3,(H,14,15,18). The fourth-order valence-electron chi connectivity index (χ4n) is 1.56. The van der Waals surface area contributed by atoms with E-state index in [-0.39, 0.29) is 12.6 Å². The second kappa shape index (κ2) is 8.47. The first-order valence-electron chi connectivity index (χ1n) is 6.34. The molecule has 2 amide bonds. The van der Waals surface area contributed by atoms with Crippen LogP contribution in [0.25, 0.3) is 0 Å². The molecule has 0 atom stereocenters. The second-order valence-corrected chi connectivity index (χ2v) is 4.08. The van der Waals surface area contributed by atoms with Gasteiger partial charge in [0, 0.05) is 37.8 Å². The van der Waals surface area contributed by atoms with Crippen LogP contribution in [0.3, 0.4) is 0 Å². The molecule has 1 rings (SSSR count). The molecule has 5 heteroatoms. The zero-order valence-electron chi connectivity index (χ0n) is 10.8. The number of aliphatic hydroxyl groups excluding tert-OH is 1. The molecule has 0 spiro atoms. The van der Waals surface area contributed by atoms with Crippen molar-refractivity contribution in [2.45, 2.75) is 26.2 Å². The number of carbonyl (C=O) groups is 1. The number of pyridine rings is 1. The van der Waals surface area contributed by atoms with Gasteiger partial charge in [0.05, 0.1) is 0 Å². The van der Waals surface area contributed by atoms with Crippen LogP contribution in [0.5, 0.6) is 0 Å². The van der Waals surface area contributed by atoms with E-state index in [1.165, 1.54) is 0 Å². The Morgan fingerprint density at radius 2 is 2.00 bits per heavy atom. The Morgan fingerprint density at radius 1 is 1.33 bits per heavy atom. The Labute approximate surface area is 108 Å². The highest BCUT2D eigenvalue weighted by atomic mass is 16.3. The third-order valence-electron chi connectivity index (χ3n) is 2.59. The summed E-state index contributed by atoms with van der Waals surface area (Å²) in [6.45, 7) is 3.48. The van der Waals surface area contributed by atoms with Gasteiger partial charge in [0.2, 0.25) is 0 Å². The fraction of sp³-hybridized carbons (Fsp3) is 0.538. The number of unbranched alkanes of at least 4 members (excludes halogenated alkanes) is 1. The summed E-state index contributed by atoms with van der Waals surface area (Å²) in [7, 11) is 0. The van der Waals surface area contributed by atoms with Crippen molar-refractivity contribution in [1.82, 2.24) is 9.88 Å². The SMILES string of the molecule is CCCCN(CCCO)C(=O)Nc1ccncc1. The molecule has 1 aromatic rings. The van der Waals surface area contributed by atoms with E-state index in [0.29, 0.717) is 19.5 Å². The summed E-state index contributed by atoms with van der Waals surface area (Å²) >= 11 is 0. The first kappa shape index (κ1) is 14.4. The summed E-state index contributed by atoms with van der Waals surface area (Å²) in [5, 5.41) is 11.7. The number of urea groups is 1. The monoisotopic (exact) mass is 251 g/mol. The third kappa shape index (κ3) is 5.14. The Kier molecular flexibility index (Phi) is 6.79. The van der Waals surface area contributed by atoms with Gasteiger partial charge in [-0.25, -0.2) is 4.79 Å². The number of aliphatic hydroxyl groups is 1. The number of carbonyl (C=O) groups excluding carboxylic acids is 1. The number of amides is 2. The minimum Gasteiger partial charge on any atom is -0.396 e. The fourth-order valence-corrected chi connectivity index (χ4v) is 1.56. The third-order valence-corrected chi connectivity index (χ3v) is 2.59. The zero-order chi connectivity index (χ0) is 13.2. The van der Waals surface area contributed by atoms with Crippen molar-refractivity contribution in [2.24, 2.45) is 0 Å². The predicted octanol–water partition coefficient (Wildman–Crippen LogP) is 2.10.